The highest BCUT2D eigenvalue weighted by Gasteiger charge is 2.24. The Morgan fingerprint density at radius 2 is 2.06 bits per heavy atom. The molecule has 0 spiro atoms. The van der Waals surface area contributed by atoms with Crippen LogP contribution in [0.3, 0.4) is 0 Å². The average molecular weight is 415 g/mol. The molecule has 1 amide bonds. The van der Waals surface area contributed by atoms with Gasteiger partial charge in [0.15, 0.2) is 0 Å². The zero-order valence-electron chi connectivity index (χ0n) is 8.64. The van der Waals surface area contributed by atoms with Crippen molar-refractivity contribution in [1.82, 2.24) is 10.3 Å². The molecule has 88 valence electrons. The molecule has 3 nitrogen and oxygen atoms in total. The molecule has 0 aromatic carbocycles. The minimum Gasteiger partial charge on any atom is -0.345 e. The van der Waals surface area contributed by atoms with Gasteiger partial charge in [-0.3, -0.25) is 9.78 Å². The van der Waals surface area contributed by atoms with Gasteiger partial charge in [-0.25, -0.2) is 0 Å². The third-order valence-corrected chi connectivity index (χ3v) is 4.88. The largest absolute Gasteiger partial charge is 0.345 e. The molecule has 0 atom stereocenters. The first-order chi connectivity index (χ1) is 7.50. The lowest BCUT2D eigenvalue weighted by Crippen LogP contribution is -2.48. The van der Waals surface area contributed by atoms with E-state index in [9.17, 15) is 4.79 Å². The number of pyridine rings is 1. The van der Waals surface area contributed by atoms with E-state index in [-0.39, 0.29) is 11.4 Å². The van der Waals surface area contributed by atoms with Crippen LogP contribution in [0.4, 0.5) is 0 Å². The van der Waals surface area contributed by atoms with E-state index in [0.717, 1.165) is 4.47 Å². The molecule has 6 heteroatoms. The van der Waals surface area contributed by atoms with Gasteiger partial charge in [0.05, 0.1) is 11.1 Å². The molecule has 0 saturated heterocycles. The van der Waals surface area contributed by atoms with Crippen LogP contribution >= 0.6 is 47.8 Å². The van der Waals surface area contributed by atoms with Gasteiger partial charge < -0.3 is 5.32 Å². The number of carbonyl (C=O) groups excluding carboxylic acids is 1. The SMILES string of the molecule is CC(CBr)(CBr)NC(=O)c1cncc(Br)c1. The summed E-state index contributed by atoms with van der Waals surface area (Å²) in [5.74, 6) is -0.129. The van der Waals surface area contributed by atoms with Crippen LogP contribution in [0.5, 0.6) is 0 Å². The molecule has 1 N–H and O–H groups in total. The van der Waals surface area contributed by atoms with E-state index in [0.29, 0.717) is 16.2 Å². The molecule has 0 aliphatic carbocycles. The minimum absolute atomic E-state index is 0.129. The van der Waals surface area contributed by atoms with Crippen LogP contribution in [0.2, 0.25) is 0 Å². The van der Waals surface area contributed by atoms with Crippen LogP contribution in [-0.2, 0) is 0 Å². The van der Waals surface area contributed by atoms with Crippen LogP contribution in [0.1, 0.15) is 17.3 Å². The van der Waals surface area contributed by atoms with Crippen molar-refractivity contribution >= 4 is 53.7 Å². The van der Waals surface area contributed by atoms with Crippen molar-refractivity contribution in [3.63, 3.8) is 0 Å². The lowest BCUT2D eigenvalue weighted by molar-refractivity contribution is 0.0922. The molecule has 0 fully saturated rings. The van der Waals surface area contributed by atoms with E-state index in [4.69, 9.17) is 0 Å². The van der Waals surface area contributed by atoms with Gasteiger partial charge in [-0.2, -0.15) is 0 Å². The Morgan fingerprint density at radius 3 is 2.56 bits per heavy atom. The normalized spacial score (nSPS) is 11.2. The molecule has 0 aliphatic rings. The number of halogens is 3. The van der Waals surface area contributed by atoms with Crippen molar-refractivity contribution < 1.29 is 4.79 Å². The first kappa shape index (κ1) is 14.1. The zero-order valence-corrected chi connectivity index (χ0v) is 13.4. The molecule has 1 aromatic heterocycles. The first-order valence-corrected chi connectivity index (χ1v) is 7.59. The number of aromatic nitrogens is 1. The molecule has 0 saturated carbocycles. The standard InChI is InChI=1S/C10H11Br3N2O/c1-10(5-11,6-12)15-9(16)7-2-8(13)4-14-3-7/h2-4H,5-6H2,1H3,(H,15,16). The summed E-state index contributed by atoms with van der Waals surface area (Å²) in [4.78, 5) is 15.9. The van der Waals surface area contributed by atoms with E-state index in [2.05, 4.69) is 58.1 Å². The Morgan fingerprint density at radius 1 is 1.44 bits per heavy atom. The monoisotopic (exact) mass is 412 g/mol. The lowest BCUT2D eigenvalue weighted by Gasteiger charge is -2.26. The number of nitrogens with zero attached hydrogens (tertiary/aromatic N) is 1. The fourth-order valence-corrected chi connectivity index (χ4v) is 2.56. The second-order valence-electron chi connectivity index (χ2n) is 3.67. The van der Waals surface area contributed by atoms with Gasteiger partial charge in [-0.05, 0) is 28.9 Å². The molecule has 0 aliphatic heterocycles. The highest BCUT2D eigenvalue weighted by Crippen LogP contribution is 2.14. The summed E-state index contributed by atoms with van der Waals surface area (Å²) in [5.41, 5.74) is 0.238. The fraction of sp³-hybridized carbons (Fsp3) is 0.400. The smallest absolute Gasteiger partial charge is 0.253 e. The van der Waals surface area contributed by atoms with E-state index in [1.165, 1.54) is 0 Å². The Hall–Kier alpha value is 0.0600. The average Bonchev–Trinajstić information content (AvgIpc) is 2.29. The van der Waals surface area contributed by atoms with Gasteiger partial charge in [0.25, 0.3) is 5.91 Å². The summed E-state index contributed by atoms with van der Waals surface area (Å²) in [6.07, 6.45) is 3.19. The van der Waals surface area contributed by atoms with Crippen molar-refractivity contribution in [2.75, 3.05) is 10.7 Å². The molecule has 1 rings (SSSR count). The van der Waals surface area contributed by atoms with Gasteiger partial charge in [0.1, 0.15) is 0 Å². The summed E-state index contributed by atoms with van der Waals surface area (Å²) in [6.45, 7) is 1.96. The molecular formula is C10H11Br3N2O. The highest BCUT2D eigenvalue weighted by molar-refractivity contribution is 9.10. The van der Waals surface area contributed by atoms with Crippen molar-refractivity contribution in [3.05, 3.63) is 28.5 Å². The van der Waals surface area contributed by atoms with Crippen molar-refractivity contribution in [2.24, 2.45) is 0 Å². The second kappa shape index (κ2) is 6.12. The zero-order chi connectivity index (χ0) is 12.2. The maximum Gasteiger partial charge on any atom is 0.253 e. The molecule has 0 unspecified atom stereocenters. The van der Waals surface area contributed by atoms with Crippen LogP contribution in [0.25, 0.3) is 0 Å². The number of carbonyl (C=O) groups is 1. The Labute approximate surface area is 120 Å². The van der Waals surface area contributed by atoms with Crippen molar-refractivity contribution in [2.45, 2.75) is 12.5 Å². The minimum atomic E-state index is -0.306. The topological polar surface area (TPSA) is 42.0 Å². The second-order valence-corrected chi connectivity index (χ2v) is 5.71. The van der Waals surface area contributed by atoms with Crippen molar-refractivity contribution in [1.29, 1.82) is 0 Å². The van der Waals surface area contributed by atoms with Gasteiger partial charge in [-0.15, -0.1) is 0 Å². The molecule has 0 bridgehead atoms. The summed E-state index contributed by atoms with van der Waals surface area (Å²) in [7, 11) is 0. The van der Waals surface area contributed by atoms with Crippen LogP contribution in [0, 0.1) is 0 Å². The summed E-state index contributed by atoms with van der Waals surface area (Å²) >= 11 is 10.0. The van der Waals surface area contributed by atoms with Gasteiger partial charge in [-0.1, -0.05) is 31.9 Å². The summed E-state index contributed by atoms with van der Waals surface area (Å²) in [5, 5.41) is 4.30. The number of hydrogen-bond acceptors (Lipinski definition) is 2. The molecular weight excluding hydrogens is 404 g/mol. The van der Waals surface area contributed by atoms with E-state index >= 15 is 0 Å². The number of rotatable bonds is 4. The molecule has 1 heterocycles. The first-order valence-electron chi connectivity index (χ1n) is 4.56. The quantitative estimate of drug-likeness (QED) is 0.769. The Kier molecular flexibility index (Phi) is 5.40. The third kappa shape index (κ3) is 3.82. The Bertz CT molecular complexity index is 380. The number of hydrogen-bond donors (Lipinski definition) is 1. The predicted molar refractivity (Wildman–Crippen MR) is 75.4 cm³/mol. The van der Waals surface area contributed by atoms with Crippen LogP contribution < -0.4 is 5.32 Å². The maximum atomic E-state index is 11.9. The van der Waals surface area contributed by atoms with Gasteiger partial charge in [0.2, 0.25) is 0 Å². The lowest BCUT2D eigenvalue weighted by atomic mass is 10.1. The number of nitrogens with one attached hydrogen (secondary N) is 1. The van der Waals surface area contributed by atoms with E-state index in [1.54, 1.807) is 18.5 Å². The van der Waals surface area contributed by atoms with Gasteiger partial charge >= 0.3 is 0 Å². The maximum absolute atomic E-state index is 11.9. The summed E-state index contributed by atoms with van der Waals surface area (Å²) in [6, 6.07) is 1.74. The van der Waals surface area contributed by atoms with Crippen molar-refractivity contribution in [3.8, 4) is 0 Å². The fourth-order valence-electron chi connectivity index (χ4n) is 0.985. The van der Waals surface area contributed by atoms with E-state index < -0.39 is 0 Å². The van der Waals surface area contributed by atoms with E-state index in [1.807, 2.05) is 6.92 Å². The van der Waals surface area contributed by atoms with Crippen LogP contribution in [-0.4, -0.2) is 27.1 Å². The molecule has 1 aromatic rings. The Balaban J connectivity index is 2.80. The van der Waals surface area contributed by atoms with Crippen LogP contribution in [0.15, 0.2) is 22.9 Å². The third-order valence-electron chi connectivity index (χ3n) is 1.97. The van der Waals surface area contributed by atoms with Gasteiger partial charge in [0, 0.05) is 27.5 Å². The molecule has 0 radical (unpaired) electrons. The number of amides is 1. The molecule has 16 heavy (non-hydrogen) atoms. The highest BCUT2D eigenvalue weighted by atomic mass is 79.9. The predicted octanol–water partition coefficient (Wildman–Crippen LogP) is 3.12. The summed E-state index contributed by atoms with van der Waals surface area (Å²) < 4.78 is 0.791. The number of alkyl halides is 2.